The fraction of sp³-hybridized carbons (Fsp3) is 0.333. The zero-order valence-corrected chi connectivity index (χ0v) is 15.4. The van der Waals surface area contributed by atoms with Gasteiger partial charge in [-0.3, -0.25) is 4.57 Å². The van der Waals surface area contributed by atoms with E-state index in [1.54, 1.807) is 21.4 Å². The average molecular weight is 351 g/mol. The first-order chi connectivity index (χ1) is 12.6. The lowest BCUT2D eigenvalue weighted by Crippen LogP contribution is -2.26. The van der Waals surface area contributed by atoms with Crippen LogP contribution in [0, 0.1) is 6.92 Å². The Kier molecular flexibility index (Phi) is 5.56. The highest BCUT2D eigenvalue weighted by molar-refractivity contribution is 5.26. The van der Waals surface area contributed by atoms with Crippen LogP contribution in [0.15, 0.2) is 53.3 Å². The summed E-state index contributed by atoms with van der Waals surface area (Å²) >= 11 is 0. The molecule has 0 saturated carbocycles. The monoisotopic (exact) mass is 351 g/mol. The van der Waals surface area contributed by atoms with Crippen molar-refractivity contribution in [2.75, 3.05) is 0 Å². The number of aryl methyl sites for hydroxylation is 3. The van der Waals surface area contributed by atoms with Crippen LogP contribution in [0.5, 0.6) is 5.75 Å². The summed E-state index contributed by atoms with van der Waals surface area (Å²) in [5, 5.41) is 14.0. The molecule has 0 aliphatic carbocycles. The summed E-state index contributed by atoms with van der Waals surface area (Å²) in [4.78, 5) is 12.7. The van der Waals surface area contributed by atoms with Crippen molar-refractivity contribution in [3.8, 4) is 5.75 Å². The largest absolute Gasteiger partial charge is 0.508 e. The van der Waals surface area contributed by atoms with Gasteiger partial charge in [-0.2, -0.15) is 5.10 Å². The Bertz CT molecular complexity index is 906. The molecule has 1 heterocycles. The summed E-state index contributed by atoms with van der Waals surface area (Å²) < 4.78 is 3.35. The van der Waals surface area contributed by atoms with Gasteiger partial charge >= 0.3 is 5.69 Å². The van der Waals surface area contributed by atoms with E-state index in [1.807, 2.05) is 31.2 Å². The fourth-order valence-electron chi connectivity index (χ4n) is 3.01. The first-order valence-corrected chi connectivity index (χ1v) is 9.07. The van der Waals surface area contributed by atoms with Crippen molar-refractivity contribution in [3.63, 3.8) is 0 Å². The lowest BCUT2D eigenvalue weighted by atomic mass is 10.1. The third-order valence-corrected chi connectivity index (χ3v) is 4.47. The van der Waals surface area contributed by atoms with E-state index in [4.69, 9.17) is 0 Å². The molecule has 1 N–H and O–H groups in total. The molecule has 5 heteroatoms. The van der Waals surface area contributed by atoms with Gasteiger partial charge in [0.25, 0.3) is 0 Å². The number of aromatic hydroxyl groups is 1. The van der Waals surface area contributed by atoms with E-state index in [0.29, 0.717) is 19.5 Å². The summed E-state index contributed by atoms with van der Waals surface area (Å²) in [5.74, 6) is 1.08. The number of nitrogens with zero attached hydrogens (tertiary/aromatic N) is 3. The molecule has 26 heavy (non-hydrogen) atoms. The van der Waals surface area contributed by atoms with E-state index in [-0.39, 0.29) is 11.4 Å². The van der Waals surface area contributed by atoms with Crippen LogP contribution in [0.25, 0.3) is 0 Å². The predicted molar refractivity (Wildman–Crippen MR) is 103 cm³/mol. The zero-order chi connectivity index (χ0) is 18.5. The molecule has 136 valence electrons. The Labute approximate surface area is 153 Å². The number of phenols is 1. The van der Waals surface area contributed by atoms with Crippen LogP contribution in [0.1, 0.15) is 35.9 Å². The molecule has 0 spiro atoms. The number of hydrogen-bond acceptors (Lipinski definition) is 3. The van der Waals surface area contributed by atoms with Crippen LogP contribution in [0.4, 0.5) is 0 Å². The van der Waals surface area contributed by atoms with Gasteiger partial charge in [0, 0.05) is 13.0 Å². The van der Waals surface area contributed by atoms with E-state index < -0.39 is 0 Å². The summed E-state index contributed by atoms with van der Waals surface area (Å²) in [6.07, 6.45) is 2.37. The fourth-order valence-corrected chi connectivity index (χ4v) is 3.01. The van der Waals surface area contributed by atoms with Crippen LogP contribution in [0.2, 0.25) is 0 Å². The van der Waals surface area contributed by atoms with Crippen molar-refractivity contribution < 1.29 is 5.11 Å². The maximum Gasteiger partial charge on any atom is 0.346 e. The SMILES string of the molecule is CCCn1c(CCc2ccc(O)cc2)nn(Cc2ccc(C)cc2)c1=O. The second-order valence-electron chi connectivity index (χ2n) is 6.66. The Morgan fingerprint density at radius 2 is 1.62 bits per heavy atom. The highest BCUT2D eigenvalue weighted by Gasteiger charge is 2.13. The van der Waals surface area contributed by atoms with E-state index in [9.17, 15) is 9.90 Å². The molecule has 0 fully saturated rings. The first-order valence-electron chi connectivity index (χ1n) is 9.07. The molecule has 0 bridgehead atoms. The van der Waals surface area contributed by atoms with Gasteiger partial charge in [-0.1, -0.05) is 48.9 Å². The van der Waals surface area contributed by atoms with Crippen LogP contribution < -0.4 is 5.69 Å². The van der Waals surface area contributed by atoms with Crippen molar-refractivity contribution in [1.82, 2.24) is 14.3 Å². The molecule has 3 rings (SSSR count). The van der Waals surface area contributed by atoms with Gasteiger partial charge in [0.05, 0.1) is 6.54 Å². The lowest BCUT2D eigenvalue weighted by Gasteiger charge is -2.04. The van der Waals surface area contributed by atoms with E-state index in [2.05, 4.69) is 24.2 Å². The molecule has 1 aromatic heterocycles. The summed E-state index contributed by atoms with van der Waals surface area (Å²) in [5.41, 5.74) is 3.34. The van der Waals surface area contributed by atoms with Gasteiger partial charge in [-0.15, -0.1) is 0 Å². The number of rotatable bonds is 7. The minimum Gasteiger partial charge on any atom is -0.508 e. The minimum atomic E-state index is -0.0480. The molecular formula is C21H25N3O2. The maximum atomic E-state index is 12.7. The molecule has 0 radical (unpaired) electrons. The summed E-state index contributed by atoms with van der Waals surface area (Å²) in [7, 11) is 0. The molecule has 0 aliphatic heterocycles. The first kappa shape index (κ1) is 18.0. The number of phenolic OH excluding ortho intramolecular Hbond substituents is 1. The van der Waals surface area contributed by atoms with Crippen molar-refractivity contribution in [2.24, 2.45) is 0 Å². The molecule has 0 saturated heterocycles. The van der Waals surface area contributed by atoms with E-state index in [1.165, 1.54) is 5.56 Å². The molecule has 3 aromatic rings. The van der Waals surface area contributed by atoms with Crippen LogP contribution >= 0.6 is 0 Å². The summed E-state index contributed by atoms with van der Waals surface area (Å²) in [6.45, 7) is 5.28. The highest BCUT2D eigenvalue weighted by Crippen LogP contribution is 2.12. The third-order valence-electron chi connectivity index (χ3n) is 4.47. The van der Waals surface area contributed by atoms with E-state index >= 15 is 0 Å². The van der Waals surface area contributed by atoms with Gasteiger partial charge < -0.3 is 5.11 Å². The molecule has 0 atom stereocenters. The van der Waals surface area contributed by atoms with Crippen LogP contribution in [-0.2, 0) is 25.9 Å². The average Bonchev–Trinajstić information content (AvgIpc) is 2.92. The van der Waals surface area contributed by atoms with Crippen molar-refractivity contribution in [2.45, 2.75) is 46.2 Å². The summed E-state index contributed by atoms with van der Waals surface area (Å²) in [6, 6.07) is 15.4. The molecule has 0 amide bonds. The maximum absolute atomic E-state index is 12.7. The molecule has 0 unspecified atom stereocenters. The molecular weight excluding hydrogens is 326 g/mol. The third kappa shape index (κ3) is 4.23. The highest BCUT2D eigenvalue weighted by atomic mass is 16.3. The standard InChI is InChI=1S/C21H25N3O2/c1-3-14-23-20(13-10-17-8-11-19(25)12-9-17)22-24(21(23)26)15-18-6-4-16(2)5-7-18/h4-9,11-12,25H,3,10,13-15H2,1-2H3. The van der Waals surface area contributed by atoms with E-state index in [0.717, 1.165) is 29.8 Å². The molecule has 5 nitrogen and oxygen atoms in total. The van der Waals surface area contributed by atoms with Crippen molar-refractivity contribution >= 4 is 0 Å². The van der Waals surface area contributed by atoms with Crippen LogP contribution in [0.3, 0.4) is 0 Å². The Balaban J connectivity index is 1.80. The zero-order valence-electron chi connectivity index (χ0n) is 15.4. The lowest BCUT2D eigenvalue weighted by molar-refractivity contribution is 0.475. The van der Waals surface area contributed by atoms with Gasteiger partial charge in [0.2, 0.25) is 0 Å². The topological polar surface area (TPSA) is 60.0 Å². The predicted octanol–water partition coefficient (Wildman–Crippen LogP) is 3.30. The Hall–Kier alpha value is -2.82. The second-order valence-corrected chi connectivity index (χ2v) is 6.66. The minimum absolute atomic E-state index is 0.0480. The number of benzene rings is 2. The number of aromatic nitrogens is 3. The van der Waals surface area contributed by atoms with Crippen molar-refractivity contribution in [1.29, 1.82) is 0 Å². The Morgan fingerprint density at radius 1 is 0.962 bits per heavy atom. The second kappa shape index (κ2) is 8.04. The van der Waals surface area contributed by atoms with Crippen LogP contribution in [-0.4, -0.2) is 19.5 Å². The molecule has 2 aromatic carbocycles. The van der Waals surface area contributed by atoms with Gasteiger partial charge in [0.15, 0.2) is 0 Å². The Morgan fingerprint density at radius 3 is 2.27 bits per heavy atom. The smallest absolute Gasteiger partial charge is 0.346 e. The van der Waals surface area contributed by atoms with Gasteiger partial charge in [-0.25, -0.2) is 9.48 Å². The molecule has 0 aliphatic rings. The quantitative estimate of drug-likeness (QED) is 0.710. The normalized spacial score (nSPS) is 11.0. The number of hydrogen-bond donors (Lipinski definition) is 1. The van der Waals surface area contributed by atoms with Gasteiger partial charge in [-0.05, 0) is 43.0 Å². The van der Waals surface area contributed by atoms with Gasteiger partial charge in [0.1, 0.15) is 11.6 Å². The van der Waals surface area contributed by atoms with Crippen molar-refractivity contribution in [3.05, 3.63) is 81.5 Å².